The second-order valence-electron chi connectivity index (χ2n) is 9.64. The van der Waals surface area contributed by atoms with E-state index in [1.54, 1.807) is 6.20 Å². The van der Waals surface area contributed by atoms with Gasteiger partial charge in [0.25, 0.3) is 0 Å². The van der Waals surface area contributed by atoms with E-state index in [4.69, 9.17) is 0 Å². The lowest BCUT2D eigenvalue weighted by Gasteiger charge is -2.16. The van der Waals surface area contributed by atoms with Crippen LogP contribution in [0.4, 0.5) is 0 Å². The molecule has 0 spiro atoms. The van der Waals surface area contributed by atoms with Crippen molar-refractivity contribution in [1.29, 1.82) is 0 Å². The highest BCUT2D eigenvalue weighted by Crippen LogP contribution is 2.45. The standard InChI is InChI=1S/C24H27N5O2/c1-2-15-9-14(11-18-16(21(30)22(18)31)6-5-13-3-4-13)10-17(15)24-28-27-20-12-26-23-19(29(20)24)7-8-25-23/h7-8,12-15,17,25H,2-6,9-11H2,1H3/t14-,15+,17?/m0/s1. The van der Waals surface area contributed by atoms with E-state index in [0.29, 0.717) is 17.8 Å². The highest BCUT2D eigenvalue weighted by atomic mass is 16.2. The van der Waals surface area contributed by atoms with Crippen molar-refractivity contribution in [3.8, 4) is 0 Å². The topological polar surface area (TPSA) is 93.0 Å². The van der Waals surface area contributed by atoms with Gasteiger partial charge in [-0.1, -0.05) is 26.2 Å². The van der Waals surface area contributed by atoms with Crippen molar-refractivity contribution in [3.63, 3.8) is 0 Å². The fraction of sp³-hybridized carbons (Fsp3) is 0.542. The number of hydrogen-bond donors (Lipinski definition) is 1. The monoisotopic (exact) mass is 417 g/mol. The molecule has 7 heteroatoms. The highest BCUT2D eigenvalue weighted by molar-refractivity contribution is 5.74. The molecule has 0 radical (unpaired) electrons. The lowest BCUT2D eigenvalue weighted by atomic mass is 9.87. The molecule has 2 saturated carbocycles. The maximum Gasteiger partial charge on any atom is 0.229 e. The van der Waals surface area contributed by atoms with E-state index in [-0.39, 0.29) is 10.9 Å². The summed E-state index contributed by atoms with van der Waals surface area (Å²) in [6.07, 6.45) is 11.9. The normalized spacial score (nSPS) is 24.1. The van der Waals surface area contributed by atoms with E-state index in [0.717, 1.165) is 78.2 Å². The number of H-pyrrole nitrogens is 1. The van der Waals surface area contributed by atoms with Crippen LogP contribution in [0.2, 0.25) is 0 Å². The number of fused-ring (bicyclic) bond motifs is 3. The van der Waals surface area contributed by atoms with Crippen LogP contribution >= 0.6 is 0 Å². The van der Waals surface area contributed by atoms with Gasteiger partial charge < -0.3 is 4.98 Å². The van der Waals surface area contributed by atoms with Crippen LogP contribution in [0.25, 0.3) is 16.8 Å². The quantitative estimate of drug-likeness (QED) is 0.466. The van der Waals surface area contributed by atoms with Crippen LogP contribution in [0.3, 0.4) is 0 Å². The van der Waals surface area contributed by atoms with Gasteiger partial charge in [0, 0.05) is 23.2 Å². The molecule has 2 fully saturated rings. The van der Waals surface area contributed by atoms with E-state index in [1.807, 2.05) is 12.3 Å². The number of nitrogens with one attached hydrogen (secondary N) is 1. The Bertz CT molecular complexity index is 1340. The fourth-order valence-corrected chi connectivity index (χ4v) is 5.82. The zero-order chi connectivity index (χ0) is 21.1. The minimum Gasteiger partial charge on any atom is -0.345 e. The Balaban J connectivity index is 1.28. The molecule has 1 N–H and O–H groups in total. The first-order chi connectivity index (χ1) is 15.1. The highest BCUT2D eigenvalue weighted by Gasteiger charge is 2.38. The number of aromatic nitrogens is 5. The Morgan fingerprint density at radius 2 is 1.94 bits per heavy atom. The van der Waals surface area contributed by atoms with Crippen molar-refractivity contribution >= 4 is 16.8 Å². The van der Waals surface area contributed by atoms with Gasteiger partial charge in [-0.15, -0.1) is 10.2 Å². The maximum absolute atomic E-state index is 12.3. The largest absolute Gasteiger partial charge is 0.345 e. The third kappa shape index (κ3) is 3.05. The second-order valence-corrected chi connectivity index (χ2v) is 9.64. The Kier molecular flexibility index (Phi) is 4.33. The van der Waals surface area contributed by atoms with Gasteiger partial charge in [0.15, 0.2) is 11.3 Å². The smallest absolute Gasteiger partial charge is 0.229 e. The SMILES string of the molecule is CC[C@@H]1C[C@H](Cc2c(CCC3CC3)c(=O)c2=O)CC1c1nnc2cnc3[nH]ccc3n12. The summed E-state index contributed by atoms with van der Waals surface area (Å²) < 4.78 is 2.13. The Labute approximate surface area is 179 Å². The molecule has 4 aromatic rings. The molecule has 3 aromatic heterocycles. The summed E-state index contributed by atoms with van der Waals surface area (Å²) in [4.78, 5) is 32.1. The van der Waals surface area contributed by atoms with E-state index < -0.39 is 0 Å². The first-order valence-electron chi connectivity index (χ1n) is 11.6. The van der Waals surface area contributed by atoms with Crippen LogP contribution in [0.15, 0.2) is 28.0 Å². The molecule has 7 nitrogen and oxygen atoms in total. The van der Waals surface area contributed by atoms with E-state index in [9.17, 15) is 9.59 Å². The van der Waals surface area contributed by atoms with Gasteiger partial charge in [-0.2, -0.15) is 0 Å². The second kappa shape index (κ2) is 7.11. The molecule has 3 atom stereocenters. The summed E-state index contributed by atoms with van der Waals surface area (Å²) >= 11 is 0. The molecule has 0 amide bonds. The Morgan fingerprint density at radius 3 is 2.74 bits per heavy atom. The zero-order valence-corrected chi connectivity index (χ0v) is 17.8. The first-order valence-corrected chi connectivity index (χ1v) is 11.6. The van der Waals surface area contributed by atoms with E-state index in [2.05, 4.69) is 31.5 Å². The van der Waals surface area contributed by atoms with Crippen molar-refractivity contribution < 1.29 is 0 Å². The molecule has 0 bridgehead atoms. The van der Waals surface area contributed by atoms with Gasteiger partial charge in [0.1, 0.15) is 5.82 Å². The average molecular weight is 418 g/mol. The lowest BCUT2D eigenvalue weighted by molar-refractivity contribution is 0.443. The Hall–Kier alpha value is -2.83. The van der Waals surface area contributed by atoms with Gasteiger partial charge in [-0.25, -0.2) is 4.98 Å². The van der Waals surface area contributed by atoms with Crippen LogP contribution in [-0.2, 0) is 12.8 Å². The van der Waals surface area contributed by atoms with Crippen LogP contribution in [0.1, 0.15) is 68.3 Å². The molecule has 2 aliphatic rings. The summed E-state index contributed by atoms with van der Waals surface area (Å²) in [5.74, 6) is 2.98. The average Bonchev–Trinajstić information content (AvgIpc) is 3.17. The Morgan fingerprint density at radius 1 is 1.10 bits per heavy atom. The molecule has 2 aliphatic carbocycles. The van der Waals surface area contributed by atoms with Crippen molar-refractivity contribution in [2.24, 2.45) is 17.8 Å². The fourth-order valence-electron chi connectivity index (χ4n) is 5.82. The van der Waals surface area contributed by atoms with Crippen molar-refractivity contribution in [3.05, 3.63) is 55.9 Å². The molecule has 0 aliphatic heterocycles. The summed E-state index contributed by atoms with van der Waals surface area (Å²) in [6, 6.07) is 2.02. The van der Waals surface area contributed by atoms with Gasteiger partial charge in [0.05, 0.1) is 11.7 Å². The molecule has 6 rings (SSSR count). The first kappa shape index (κ1) is 18.9. The maximum atomic E-state index is 12.3. The molecular formula is C24H27N5O2. The molecular weight excluding hydrogens is 390 g/mol. The minimum atomic E-state index is -0.227. The minimum absolute atomic E-state index is 0.219. The molecule has 31 heavy (non-hydrogen) atoms. The van der Waals surface area contributed by atoms with Crippen LogP contribution in [0, 0.1) is 17.8 Å². The predicted molar refractivity (Wildman–Crippen MR) is 118 cm³/mol. The van der Waals surface area contributed by atoms with Crippen molar-refractivity contribution in [2.75, 3.05) is 0 Å². The van der Waals surface area contributed by atoms with Crippen LogP contribution < -0.4 is 10.9 Å². The third-order valence-electron chi connectivity index (χ3n) is 7.73. The molecule has 0 saturated heterocycles. The predicted octanol–water partition coefficient (Wildman–Crippen LogP) is 3.31. The summed E-state index contributed by atoms with van der Waals surface area (Å²) in [6.45, 7) is 2.23. The van der Waals surface area contributed by atoms with E-state index >= 15 is 0 Å². The third-order valence-corrected chi connectivity index (χ3v) is 7.73. The molecule has 1 aromatic carbocycles. The summed E-state index contributed by atoms with van der Waals surface area (Å²) in [5, 5.41) is 8.96. The molecule has 1 unspecified atom stereocenters. The van der Waals surface area contributed by atoms with Crippen molar-refractivity contribution in [1.82, 2.24) is 24.6 Å². The van der Waals surface area contributed by atoms with Gasteiger partial charge in [0.2, 0.25) is 10.9 Å². The molecule has 160 valence electrons. The summed E-state index contributed by atoms with van der Waals surface area (Å²) in [5.41, 5.74) is 3.82. The number of hydrogen-bond acceptors (Lipinski definition) is 5. The zero-order valence-electron chi connectivity index (χ0n) is 17.8. The van der Waals surface area contributed by atoms with Crippen LogP contribution in [0.5, 0.6) is 0 Å². The molecule has 3 heterocycles. The van der Waals surface area contributed by atoms with Gasteiger partial charge >= 0.3 is 0 Å². The van der Waals surface area contributed by atoms with Gasteiger partial charge in [-0.05, 0) is 55.9 Å². The van der Waals surface area contributed by atoms with Crippen molar-refractivity contribution in [2.45, 2.75) is 64.2 Å². The number of rotatable bonds is 7. The summed E-state index contributed by atoms with van der Waals surface area (Å²) in [7, 11) is 0. The number of nitrogens with zero attached hydrogens (tertiary/aromatic N) is 4. The van der Waals surface area contributed by atoms with E-state index in [1.165, 1.54) is 12.8 Å². The number of aromatic amines is 1. The van der Waals surface area contributed by atoms with Crippen LogP contribution in [-0.4, -0.2) is 24.6 Å². The lowest BCUT2D eigenvalue weighted by Crippen LogP contribution is -2.40. The van der Waals surface area contributed by atoms with Gasteiger partial charge in [-0.3, -0.25) is 14.0 Å².